The van der Waals surface area contributed by atoms with E-state index in [2.05, 4.69) is 4.98 Å². The number of esters is 2. The highest BCUT2D eigenvalue weighted by Crippen LogP contribution is 2.28. The van der Waals surface area contributed by atoms with Gasteiger partial charge in [-0.3, -0.25) is 4.79 Å². The van der Waals surface area contributed by atoms with Crippen LogP contribution in [0.2, 0.25) is 0 Å². The first-order valence-electron chi connectivity index (χ1n) is 10.6. The monoisotopic (exact) mass is 440 g/mol. The van der Waals surface area contributed by atoms with Crippen molar-refractivity contribution in [2.45, 2.75) is 25.7 Å². The van der Waals surface area contributed by atoms with E-state index in [9.17, 15) is 19.6 Å². The van der Waals surface area contributed by atoms with E-state index < -0.39 is 11.9 Å². The first-order valence-corrected chi connectivity index (χ1v) is 10.6. The van der Waals surface area contributed by atoms with Gasteiger partial charge in [-0.2, -0.15) is 10.2 Å². The summed E-state index contributed by atoms with van der Waals surface area (Å²) in [6, 6.07) is 19.3. The smallest absolute Gasteiger partial charge is 0.344 e. The van der Waals surface area contributed by atoms with Gasteiger partial charge < -0.3 is 9.47 Å². The molecule has 1 saturated carbocycles. The van der Waals surface area contributed by atoms with E-state index in [-0.39, 0.29) is 34.6 Å². The molecule has 0 atom stereocenters. The number of Topliss-reactive ketones (excluding diaryl/α,β-unsaturated/α-hetero) is 1. The van der Waals surface area contributed by atoms with Crippen molar-refractivity contribution in [1.29, 1.82) is 5.26 Å². The van der Waals surface area contributed by atoms with Crippen LogP contribution in [0.3, 0.4) is 0 Å². The van der Waals surface area contributed by atoms with Crippen molar-refractivity contribution in [1.82, 2.24) is 4.98 Å². The van der Waals surface area contributed by atoms with Gasteiger partial charge in [-0.15, -0.1) is 0 Å². The van der Waals surface area contributed by atoms with Crippen molar-refractivity contribution in [2.75, 3.05) is 0 Å². The highest BCUT2D eigenvalue weighted by Gasteiger charge is 2.25. The van der Waals surface area contributed by atoms with E-state index in [0.29, 0.717) is 11.1 Å². The van der Waals surface area contributed by atoms with Crippen LogP contribution in [-0.4, -0.2) is 22.7 Å². The van der Waals surface area contributed by atoms with Crippen molar-refractivity contribution >= 4 is 17.7 Å². The molecule has 1 aromatic heterocycles. The van der Waals surface area contributed by atoms with Gasteiger partial charge in [-0.05, 0) is 43.2 Å². The number of hydrogen-bond donors (Lipinski definition) is 0. The fraction of sp³-hybridized carbons (Fsp3) is 0.192. The minimum atomic E-state index is -0.772. The summed E-state index contributed by atoms with van der Waals surface area (Å²) >= 11 is 0. The van der Waals surface area contributed by atoms with E-state index >= 15 is 0 Å². The summed E-state index contributed by atoms with van der Waals surface area (Å²) in [6.07, 6.45) is 3.78. The first kappa shape index (κ1) is 21.9. The number of carbonyl (C=O) groups is 3. The van der Waals surface area contributed by atoms with Gasteiger partial charge in [0.15, 0.2) is 5.78 Å². The van der Waals surface area contributed by atoms with Gasteiger partial charge in [0, 0.05) is 17.5 Å². The van der Waals surface area contributed by atoms with Crippen molar-refractivity contribution < 1.29 is 23.9 Å². The van der Waals surface area contributed by atoms with Crippen LogP contribution >= 0.6 is 0 Å². The zero-order valence-electron chi connectivity index (χ0n) is 17.7. The van der Waals surface area contributed by atoms with Gasteiger partial charge in [0.05, 0.1) is 11.1 Å². The Kier molecular flexibility index (Phi) is 6.56. The summed E-state index contributed by atoms with van der Waals surface area (Å²) in [4.78, 5) is 41.7. The Balaban J connectivity index is 1.52. The number of carbonyl (C=O) groups excluding carboxylic acids is 3. The second kappa shape index (κ2) is 9.88. The molecule has 0 aliphatic heterocycles. The standard InChI is InChI=1S/C26H20N2O5/c27-16-21-13-14-22(32-25(30)18-9-2-1-3-10-18)28-24(21)33-26(31)20-12-6-11-19(15-20)23(29)17-7-4-5-8-17/h1-3,6,9-15,17H,4-5,7-8H2. The summed E-state index contributed by atoms with van der Waals surface area (Å²) in [7, 11) is 0. The Morgan fingerprint density at radius 1 is 0.818 bits per heavy atom. The van der Waals surface area contributed by atoms with Crippen molar-refractivity contribution in [3.8, 4) is 17.8 Å². The summed E-state index contributed by atoms with van der Waals surface area (Å²) in [5, 5.41) is 9.36. The third-order valence-electron chi connectivity index (χ3n) is 5.46. The lowest BCUT2D eigenvalue weighted by Gasteiger charge is -2.10. The van der Waals surface area contributed by atoms with Gasteiger partial charge in [-0.25, -0.2) is 9.59 Å². The lowest BCUT2D eigenvalue weighted by Crippen LogP contribution is -2.15. The van der Waals surface area contributed by atoms with Gasteiger partial charge in [0.2, 0.25) is 11.8 Å². The molecule has 1 fully saturated rings. The van der Waals surface area contributed by atoms with E-state index in [0.717, 1.165) is 25.7 Å². The molecule has 7 heteroatoms. The zero-order chi connectivity index (χ0) is 23.2. The van der Waals surface area contributed by atoms with Crippen LogP contribution in [-0.2, 0) is 0 Å². The fourth-order valence-corrected chi connectivity index (χ4v) is 3.74. The molecule has 7 nitrogen and oxygen atoms in total. The average Bonchev–Trinajstić information content (AvgIpc) is 3.39. The second-order valence-corrected chi connectivity index (χ2v) is 7.69. The van der Waals surface area contributed by atoms with E-state index in [1.54, 1.807) is 42.5 Å². The third kappa shape index (κ3) is 5.13. The minimum Gasteiger partial charge on any atom is -0.404 e. The Morgan fingerprint density at radius 2 is 1.48 bits per heavy atom. The normalized spacial score (nSPS) is 13.2. The SMILES string of the molecule is N#Cc1ccc(OC(=O)c2ccccc2)nc1OC(=O)c1cccc(C(=O)C2CCCC2)c1. The Bertz CT molecular complexity index is 1240. The van der Waals surface area contributed by atoms with Gasteiger partial charge in [-0.1, -0.05) is 43.2 Å². The molecule has 4 rings (SSSR count). The fourth-order valence-electron chi connectivity index (χ4n) is 3.74. The molecule has 0 amide bonds. The second-order valence-electron chi connectivity index (χ2n) is 7.69. The molecule has 1 aliphatic carbocycles. The maximum Gasteiger partial charge on any atom is 0.344 e. The Hall–Kier alpha value is -4.31. The molecule has 0 bridgehead atoms. The number of hydrogen-bond acceptors (Lipinski definition) is 7. The van der Waals surface area contributed by atoms with E-state index in [4.69, 9.17) is 9.47 Å². The predicted molar refractivity (Wildman–Crippen MR) is 118 cm³/mol. The van der Waals surface area contributed by atoms with Crippen LogP contribution in [0, 0.1) is 17.2 Å². The highest BCUT2D eigenvalue weighted by atomic mass is 16.6. The molecular formula is C26H20N2O5. The first-order chi connectivity index (χ1) is 16.0. The van der Waals surface area contributed by atoms with Crippen LogP contribution in [0.5, 0.6) is 11.8 Å². The van der Waals surface area contributed by atoms with E-state index in [1.165, 1.54) is 24.3 Å². The number of pyridine rings is 1. The van der Waals surface area contributed by atoms with Crippen molar-refractivity contribution in [3.63, 3.8) is 0 Å². The zero-order valence-corrected chi connectivity index (χ0v) is 17.7. The van der Waals surface area contributed by atoms with Crippen LogP contribution in [0.25, 0.3) is 0 Å². The number of nitriles is 1. The molecule has 0 N–H and O–H groups in total. The van der Waals surface area contributed by atoms with E-state index in [1.807, 2.05) is 6.07 Å². The number of benzene rings is 2. The number of aromatic nitrogens is 1. The topological polar surface area (TPSA) is 106 Å². The van der Waals surface area contributed by atoms with Crippen LogP contribution < -0.4 is 9.47 Å². The molecule has 0 radical (unpaired) electrons. The molecule has 3 aromatic rings. The molecule has 2 aromatic carbocycles. The molecule has 0 unspecified atom stereocenters. The van der Waals surface area contributed by atoms with Crippen LogP contribution in [0.4, 0.5) is 0 Å². The molecule has 0 saturated heterocycles. The van der Waals surface area contributed by atoms with Crippen LogP contribution in [0.15, 0.2) is 66.7 Å². The van der Waals surface area contributed by atoms with Crippen LogP contribution in [0.1, 0.15) is 62.3 Å². The quantitative estimate of drug-likeness (QED) is 0.402. The number of ether oxygens (including phenoxy) is 2. The molecule has 33 heavy (non-hydrogen) atoms. The number of ketones is 1. The summed E-state index contributed by atoms with van der Waals surface area (Å²) in [5.74, 6) is -1.80. The maximum atomic E-state index is 12.7. The number of nitrogens with zero attached hydrogens (tertiary/aromatic N) is 2. The molecule has 1 heterocycles. The van der Waals surface area contributed by atoms with Gasteiger partial charge in [0.1, 0.15) is 11.6 Å². The lowest BCUT2D eigenvalue weighted by atomic mass is 9.95. The lowest BCUT2D eigenvalue weighted by molar-refractivity contribution is 0.0717. The Labute approximate surface area is 190 Å². The largest absolute Gasteiger partial charge is 0.404 e. The third-order valence-corrected chi connectivity index (χ3v) is 5.46. The maximum absolute atomic E-state index is 12.7. The predicted octanol–water partition coefficient (Wildman–Crippen LogP) is 4.76. The van der Waals surface area contributed by atoms with Crippen molar-refractivity contribution in [3.05, 3.63) is 89.0 Å². The average molecular weight is 440 g/mol. The summed E-state index contributed by atoms with van der Waals surface area (Å²) < 4.78 is 10.6. The summed E-state index contributed by atoms with van der Waals surface area (Å²) in [5.41, 5.74) is 0.943. The molecule has 0 spiro atoms. The van der Waals surface area contributed by atoms with Gasteiger partial charge >= 0.3 is 11.9 Å². The minimum absolute atomic E-state index is 0.000969. The number of rotatable bonds is 6. The molecule has 164 valence electrons. The Morgan fingerprint density at radius 3 is 2.21 bits per heavy atom. The molecule has 1 aliphatic rings. The highest BCUT2D eigenvalue weighted by molar-refractivity contribution is 6.01. The van der Waals surface area contributed by atoms with Crippen molar-refractivity contribution in [2.24, 2.45) is 5.92 Å². The van der Waals surface area contributed by atoms with Gasteiger partial charge in [0.25, 0.3) is 0 Å². The summed E-state index contributed by atoms with van der Waals surface area (Å²) in [6.45, 7) is 0. The molecular weight excluding hydrogens is 420 g/mol.